The molecule has 0 fully saturated rings. The van der Waals surface area contributed by atoms with Crippen LogP contribution in [-0.2, 0) is 9.59 Å². The van der Waals surface area contributed by atoms with E-state index in [1.165, 1.54) is 0 Å². The molecule has 5 heteroatoms. The quantitative estimate of drug-likeness (QED) is 0.693. The highest BCUT2D eigenvalue weighted by atomic mass is 32.2. The number of hydrogen-bond acceptors (Lipinski definition) is 3. The van der Waals surface area contributed by atoms with Crippen LogP contribution >= 0.6 is 11.8 Å². The second-order valence-corrected chi connectivity index (χ2v) is 4.98. The van der Waals surface area contributed by atoms with Gasteiger partial charge in [0.25, 0.3) is 0 Å². The number of hydrogen-bond donors (Lipinski definition) is 2. The molecule has 0 heterocycles. The number of carboxylic acid groups (broad SMARTS) is 1. The highest BCUT2D eigenvalue weighted by molar-refractivity contribution is 7.99. The molecule has 4 nitrogen and oxygen atoms in total. The molecular weight excluding hydrogens is 214 g/mol. The summed E-state index contributed by atoms with van der Waals surface area (Å²) >= 11 is 1.57. The van der Waals surface area contributed by atoms with Crippen LogP contribution in [-0.4, -0.2) is 35.0 Å². The van der Waals surface area contributed by atoms with E-state index in [0.717, 1.165) is 5.75 Å². The summed E-state index contributed by atoms with van der Waals surface area (Å²) in [6, 6.07) is 0. The van der Waals surface area contributed by atoms with Gasteiger partial charge in [-0.25, -0.2) is 0 Å². The first-order valence-electron chi connectivity index (χ1n) is 5.00. The maximum absolute atomic E-state index is 11.2. The first kappa shape index (κ1) is 14.3. The highest BCUT2D eigenvalue weighted by Crippen LogP contribution is 2.06. The summed E-state index contributed by atoms with van der Waals surface area (Å²) in [5.41, 5.74) is 0. The van der Waals surface area contributed by atoms with Crippen molar-refractivity contribution in [1.82, 2.24) is 5.32 Å². The van der Waals surface area contributed by atoms with Crippen molar-refractivity contribution in [2.75, 3.05) is 18.1 Å². The second kappa shape index (κ2) is 7.56. The standard InChI is InChI=1S/C10H19NO3S/c1-7(2)5-15-6-9(12)11-4-8(3)10(13)14/h7-8H,4-6H2,1-3H3,(H,11,12)(H,13,14). The monoisotopic (exact) mass is 233 g/mol. The van der Waals surface area contributed by atoms with Crippen LogP contribution < -0.4 is 5.32 Å². The van der Waals surface area contributed by atoms with Gasteiger partial charge in [-0.15, -0.1) is 0 Å². The van der Waals surface area contributed by atoms with Crippen molar-refractivity contribution in [2.45, 2.75) is 20.8 Å². The summed E-state index contributed by atoms with van der Waals surface area (Å²) < 4.78 is 0. The van der Waals surface area contributed by atoms with E-state index in [9.17, 15) is 9.59 Å². The Balaban J connectivity index is 3.53. The van der Waals surface area contributed by atoms with Gasteiger partial charge in [0.15, 0.2) is 0 Å². The van der Waals surface area contributed by atoms with Gasteiger partial charge in [-0.1, -0.05) is 20.8 Å². The van der Waals surface area contributed by atoms with Crippen LogP contribution in [0.2, 0.25) is 0 Å². The van der Waals surface area contributed by atoms with Gasteiger partial charge in [0.2, 0.25) is 5.91 Å². The first-order valence-corrected chi connectivity index (χ1v) is 6.16. The number of thioether (sulfide) groups is 1. The maximum Gasteiger partial charge on any atom is 0.308 e. The zero-order valence-corrected chi connectivity index (χ0v) is 10.3. The summed E-state index contributed by atoms with van der Waals surface area (Å²) in [6.45, 7) is 5.97. The predicted molar refractivity (Wildman–Crippen MR) is 62.0 cm³/mol. The molecule has 0 aliphatic heterocycles. The molecular formula is C10H19NO3S. The molecule has 1 unspecified atom stereocenters. The van der Waals surface area contributed by atoms with Gasteiger partial charge in [-0.3, -0.25) is 9.59 Å². The molecule has 1 amide bonds. The molecule has 2 N–H and O–H groups in total. The van der Waals surface area contributed by atoms with Gasteiger partial charge in [-0.2, -0.15) is 11.8 Å². The number of amides is 1. The Morgan fingerprint density at radius 2 is 1.93 bits per heavy atom. The second-order valence-electron chi connectivity index (χ2n) is 3.95. The summed E-state index contributed by atoms with van der Waals surface area (Å²) in [6.07, 6.45) is 0. The van der Waals surface area contributed by atoms with E-state index in [1.54, 1.807) is 18.7 Å². The molecule has 0 rings (SSSR count). The molecule has 88 valence electrons. The molecule has 0 aromatic heterocycles. The lowest BCUT2D eigenvalue weighted by atomic mass is 10.2. The van der Waals surface area contributed by atoms with Crippen molar-refractivity contribution in [3.8, 4) is 0 Å². The van der Waals surface area contributed by atoms with Crippen LogP contribution in [0.4, 0.5) is 0 Å². The van der Waals surface area contributed by atoms with E-state index in [-0.39, 0.29) is 12.5 Å². The molecule has 0 aromatic carbocycles. The Hall–Kier alpha value is -0.710. The minimum atomic E-state index is -0.884. The molecule has 0 aliphatic carbocycles. The minimum Gasteiger partial charge on any atom is -0.481 e. The van der Waals surface area contributed by atoms with Crippen molar-refractivity contribution in [2.24, 2.45) is 11.8 Å². The third-order valence-corrected chi connectivity index (χ3v) is 3.08. The van der Waals surface area contributed by atoms with Crippen LogP contribution in [0.3, 0.4) is 0 Å². The van der Waals surface area contributed by atoms with Crippen molar-refractivity contribution < 1.29 is 14.7 Å². The Morgan fingerprint density at radius 3 is 2.40 bits per heavy atom. The Kier molecular flexibility index (Phi) is 7.21. The van der Waals surface area contributed by atoms with Crippen molar-refractivity contribution in [1.29, 1.82) is 0 Å². The van der Waals surface area contributed by atoms with Crippen LogP contribution in [0.1, 0.15) is 20.8 Å². The lowest BCUT2D eigenvalue weighted by molar-refractivity contribution is -0.141. The molecule has 0 bridgehead atoms. The zero-order valence-electron chi connectivity index (χ0n) is 9.45. The van der Waals surface area contributed by atoms with Gasteiger partial charge in [0.1, 0.15) is 0 Å². The average Bonchev–Trinajstić information content (AvgIpc) is 2.13. The smallest absolute Gasteiger partial charge is 0.308 e. The SMILES string of the molecule is CC(C)CSCC(=O)NCC(C)C(=O)O. The Bertz CT molecular complexity index is 219. The Labute approximate surface area is 94.8 Å². The van der Waals surface area contributed by atoms with E-state index >= 15 is 0 Å². The van der Waals surface area contributed by atoms with Gasteiger partial charge in [0, 0.05) is 6.54 Å². The van der Waals surface area contributed by atoms with Crippen molar-refractivity contribution in [3.63, 3.8) is 0 Å². The number of nitrogens with one attached hydrogen (secondary N) is 1. The lowest BCUT2D eigenvalue weighted by Crippen LogP contribution is -2.32. The van der Waals surface area contributed by atoms with E-state index < -0.39 is 11.9 Å². The number of carbonyl (C=O) groups is 2. The minimum absolute atomic E-state index is 0.0891. The van der Waals surface area contributed by atoms with Crippen LogP contribution in [0, 0.1) is 11.8 Å². The molecule has 15 heavy (non-hydrogen) atoms. The molecule has 0 radical (unpaired) electrons. The maximum atomic E-state index is 11.2. The lowest BCUT2D eigenvalue weighted by Gasteiger charge is -2.08. The van der Waals surface area contributed by atoms with Gasteiger partial charge in [-0.05, 0) is 11.7 Å². The zero-order chi connectivity index (χ0) is 11.8. The van der Waals surface area contributed by atoms with Crippen LogP contribution in [0.5, 0.6) is 0 Å². The summed E-state index contributed by atoms with van der Waals surface area (Å²) in [5, 5.41) is 11.2. The van der Waals surface area contributed by atoms with Gasteiger partial charge >= 0.3 is 5.97 Å². The Morgan fingerprint density at radius 1 is 1.33 bits per heavy atom. The summed E-state index contributed by atoms with van der Waals surface area (Å²) in [5.74, 6) is 0.426. The number of carboxylic acids is 1. The van der Waals surface area contributed by atoms with Crippen LogP contribution in [0.25, 0.3) is 0 Å². The molecule has 0 spiro atoms. The number of rotatable bonds is 7. The van der Waals surface area contributed by atoms with E-state index in [2.05, 4.69) is 19.2 Å². The van der Waals surface area contributed by atoms with Crippen LogP contribution in [0.15, 0.2) is 0 Å². The number of aliphatic carboxylic acids is 1. The fourth-order valence-electron chi connectivity index (χ4n) is 0.793. The molecule has 0 saturated carbocycles. The first-order chi connectivity index (χ1) is 6.93. The molecule has 0 saturated heterocycles. The third kappa shape index (κ3) is 8.30. The van der Waals surface area contributed by atoms with Gasteiger partial charge in [0.05, 0.1) is 11.7 Å². The molecule has 0 aliphatic rings. The fourth-order valence-corrected chi connectivity index (χ4v) is 1.67. The highest BCUT2D eigenvalue weighted by Gasteiger charge is 2.11. The average molecular weight is 233 g/mol. The van der Waals surface area contributed by atoms with E-state index in [1.807, 2.05) is 0 Å². The van der Waals surface area contributed by atoms with E-state index in [0.29, 0.717) is 11.7 Å². The van der Waals surface area contributed by atoms with E-state index in [4.69, 9.17) is 5.11 Å². The summed E-state index contributed by atoms with van der Waals surface area (Å²) in [7, 11) is 0. The van der Waals surface area contributed by atoms with Crippen molar-refractivity contribution >= 4 is 23.6 Å². The topological polar surface area (TPSA) is 66.4 Å². The van der Waals surface area contributed by atoms with Gasteiger partial charge < -0.3 is 10.4 Å². The largest absolute Gasteiger partial charge is 0.481 e. The van der Waals surface area contributed by atoms with Crippen molar-refractivity contribution in [3.05, 3.63) is 0 Å². The third-order valence-electron chi connectivity index (χ3n) is 1.71. The fraction of sp³-hybridized carbons (Fsp3) is 0.800. The molecule has 1 atom stereocenters. The number of carbonyl (C=O) groups excluding carboxylic acids is 1. The molecule has 0 aromatic rings. The normalized spacial score (nSPS) is 12.5. The summed E-state index contributed by atoms with van der Waals surface area (Å²) in [4.78, 5) is 21.7. The predicted octanol–water partition coefficient (Wildman–Crippen LogP) is 1.21.